The van der Waals surface area contributed by atoms with Gasteiger partial charge in [-0.3, -0.25) is 10.1 Å². The molecule has 0 amide bonds. The predicted octanol–water partition coefficient (Wildman–Crippen LogP) is 4.41. The molecule has 0 aliphatic heterocycles. The summed E-state index contributed by atoms with van der Waals surface area (Å²) >= 11 is 0. The van der Waals surface area contributed by atoms with Crippen molar-refractivity contribution in [2.24, 2.45) is 17.3 Å². The summed E-state index contributed by atoms with van der Waals surface area (Å²) in [7, 11) is 0. The maximum atomic E-state index is 10.8. The van der Waals surface area contributed by atoms with Gasteiger partial charge in [-0.05, 0) is 49.0 Å². The Kier molecular flexibility index (Phi) is 4.72. The Bertz CT molecular complexity index is 294. The largest absolute Gasteiger partial charge is 0.259 e. The van der Waals surface area contributed by atoms with E-state index in [4.69, 9.17) is 0 Å². The minimum absolute atomic E-state index is 0.226. The summed E-state index contributed by atoms with van der Waals surface area (Å²) in [4.78, 5) is 10.5. The first kappa shape index (κ1) is 14.2. The zero-order chi connectivity index (χ0) is 13.1. The predicted molar refractivity (Wildman–Crippen MR) is 70.3 cm³/mol. The molecule has 0 aromatic carbocycles. The molecule has 0 aromatic heterocycles. The smallest absolute Gasteiger partial charge is 0.242 e. The van der Waals surface area contributed by atoms with Gasteiger partial charge in [0.2, 0.25) is 5.70 Å². The Morgan fingerprint density at radius 1 is 1.29 bits per heavy atom. The molecule has 3 heteroatoms. The van der Waals surface area contributed by atoms with E-state index in [1.54, 1.807) is 0 Å². The highest BCUT2D eigenvalue weighted by Gasteiger charge is 2.29. The lowest BCUT2D eigenvalue weighted by atomic mass is 9.70. The summed E-state index contributed by atoms with van der Waals surface area (Å²) in [6, 6.07) is 0. The van der Waals surface area contributed by atoms with E-state index in [-0.39, 0.29) is 4.92 Å². The van der Waals surface area contributed by atoms with Crippen LogP contribution < -0.4 is 0 Å². The Hall–Kier alpha value is -0.860. The zero-order valence-electron chi connectivity index (χ0n) is 11.5. The Morgan fingerprint density at radius 3 is 2.18 bits per heavy atom. The van der Waals surface area contributed by atoms with E-state index >= 15 is 0 Å². The maximum Gasteiger partial charge on any atom is 0.242 e. The van der Waals surface area contributed by atoms with Crippen LogP contribution in [0.3, 0.4) is 0 Å². The molecule has 0 atom stereocenters. The van der Waals surface area contributed by atoms with Crippen LogP contribution in [0.15, 0.2) is 11.8 Å². The minimum Gasteiger partial charge on any atom is -0.259 e. The molecule has 0 heterocycles. The van der Waals surface area contributed by atoms with Crippen LogP contribution in [0, 0.1) is 27.4 Å². The number of rotatable bonds is 3. The topological polar surface area (TPSA) is 43.1 Å². The van der Waals surface area contributed by atoms with Gasteiger partial charge in [0.1, 0.15) is 0 Å². The fourth-order valence-corrected chi connectivity index (χ4v) is 2.73. The van der Waals surface area contributed by atoms with Crippen molar-refractivity contribution in [1.82, 2.24) is 0 Å². The van der Waals surface area contributed by atoms with Crippen molar-refractivity contribution < 1.29 is 4.92 Å². The van der Waals surface area contributed by atoms with Gasteiger partial charge >= 0.3 is 0 Å². The Balaban J connectivity index is 2.55. The molecular weight excluding hydrogens is 214 g/mol. The van der Waals surface area contributed by atoms with E-state index in [1.807, 2.05) is 13.0 Å². The second-order valence-electron chi connectivity index (χ2n) is 6.25. The minimum atomic E-state index is -0.226. The maximum absolute atomic E-state index is 10.8. The Morgan fingerprint density at radius 2 is 1.82 bits per heavy atom. The van der Waals surface area contributed by atoms with E-state index in [1.165, 1.54) is 12.8 Å². The molecule has 1 aliphatic rings. The number of nitrogens with zero attached hydrogens (tertiary/aromatic N) is 1. The molecule has 0 saturated heterocycles. The van der Waals surface area contributed by atoms with Crippen molar-refractivity contribution in [3.63, 3.8) is 0 Å². The summed E-state index contributed by atoms with van der Waals surface area (Å²) in [5.41, 5.74) is 0.773. The number of hydrogen-bond acceptors (Lipinski definition) is 2. The van der Waals surface area contributed by atoms with Crippen molar-refractivity contribution in [3.05, 3.63) is 21.9 Å². The molecule has 1 rings (SSSR count). The monoisotopic (exact) mass is 239 g/mol. The molecule has 3 nitrogen and oxygen atoms in total. The van der Waals surface area contributed by atoms with Crippen molar-refractivity contribution in [2.45, 2.75) is 59.8 Å². The van der Waals surface area contributed by atoms with Gasteiger partial charge in [-0.25, -0.2) is 0 Å². The lowest BCUT2D eigenvalue weighted by molar-refractivity contribution is -0.428. The summed E-state index contributed by atoms with van der Waals surface area (Å²) in [6.45, 7) is 8.74. The van der Waals surface area contributed by atoms with Crippen LogP contribution in [0.4, 0.5) is 0 Å². The molecule has 98 valence electrons. The highest BCUT2D eigenvalue weighted by atomic mass is 16.6. The summed E-state index contributed by atoms with van der Waals surface area (Å²) in [6.07, 6.45) is 7.07. The van der Waals surface area contributed by atoms with Crippen LogP contribution in [0.5, 0.6) is 0 Å². The molecule has 0 unspecified atom stereocenters. The van der Waals surface area contributed by atoms with E-state index in [0.29, 0.717) is 23.5 Å². The number of hydrogen-bond donors (Lipinski definition) is 0. The van der Waals surface area contributed by atoms with Gasteiger partial charge in [0.15, 0.2) is 0 Å². The quantitative estimate of drug-likeness (QED) is 0.541. The first-order valence-electron chi connectivity index (χ1n) is 6.69. The first-order valence-corrected chi connectivity index (χ1v) is 6.69. The third kappa shape index (κ3) is 4.14. The molecule has 0 spiro atoms. The zero-order valence-corrected chi connectivity index (χ0v) is 11.5. The lowest BCUT2D eigenvalue weighted by Crippen LogP contribution is -2.25. The van der Waals surface area contributed by atoms with Crippen LogP contribution in [0.1, 0.15) is 59.8 Å². The summed E-state index contributed by atoms with van der Waals surface area (Å²) in [5, 5.41) is 10.8. The van der Waals surface area contributed by atoms with Gasteiger partial charge in [-0.2, -0.15) is 0 Å². The van der Waals surface area contributed by atoms with Crippen molar-refractivity contribution in [2.75, 3.05) is 0 Å². The third-order valence-corrected chi connectivity index (χ3v) is 4.02. The Labute approximate surface area is 104 Å². The molecule has 17 heavy (non-hydrogen) atoms. The van der Waals surface area contributed by atoms with Gasteiger partial charge in [-0.15, -0.1) is 0 Å². The van der Waals surface area contributed by atoms with E-state index in [9.17, 15) is 10.1 Å². The van der Waals surface area contributed by atoms with Gasteiger partial charge < -0.3 is 0 Å². The lowest BCUT2D eigenvalue weighted by Gasteiger charge is -2.36. The average Bonchev–Trinajstić information content (AvgIpc) is 2.25. The van der Waals surface area contributed by atoms with Gasteiger partial charge in [-0.1, -0.05) is 27.7 Å². The fourth-order valence-electron chi connectivity index (χ4n) is 2.73. The van der Waals surface area contributed by atoms with Gasteiger partial charge in [0.05, 0.1) is 4.92 Å². The van der Waals surface area contributed by atoms with Crippen LogP contribution in [-0.4, -0.2) is 4.92 Å². The van der Waals surface area contributed by atoms with Crippen molar-refractivity contribution in [3.8, 4) is 0 Å². The van der Waals surface area contributed by atoms with E-state index in [2.05, 4.69) is 20.8 Å². The molecular formula is C14H25NO2. The fraction of sp³-hybridized carbons (Fsp3) is 0.857. The molecule has 0 bridgehead atoms. The molecule has 0 radical (unpaired) electrons. The van der Waals surface area contributed by atoms with Crippen LogP contribution in [-0.2, 0) is 0 Å². The second-order valence-corrected chi connectivity index (χ2v) is 6.25. The van der Waals surface area contributed by atoms with Crippen LogP contribution >= 0.6 is 0 Å². The van der Waals surface area contributed by atoms with Crippen LogP contribution in [0.25, 0.3) is 0 Å². The molecule has 1 aliphatic carbocycles. The highest BCUT2D eigenvalue weighted by molar-refractivity contribution is 4.97. The van der Waals surface area contributed by atoms with Gasteiger partial charge in [0, 0.05) is 6.42 Å². The van der Waals surface area contributed by atoms with E-state index < -0.39 is 0 Å². The first-order chi connectivity index (χ1) is 7.84. The normalized spacial score (nSPS) is 26.9. The van der Waals surface area contributed by atoms with E-state index in [0.717, 1.165) is 18.8 Å². The third-order valence-electron chi connectivity index (χ3n) is 4.02. The van der Waals surface area contributed by atoms with Crippen molar-refractivity contribution in [1.29, 1.82) is 0 Å². The molecule has 1 saturated carbocycles. The van der Waals surface area contributed by atoms with Gasteiger partial charge in [0.25, 0.3) is 0 Å². The van der Waals surface area contributed by atoms with Crippen molar-refractivity contribution >= 4 is 0 Å². The SMILES string of the molecule is CCC(=CC1CCC(C(C)(C)C)CC1)[N+](=O)[O-]. The second kappa shape index (κ2) is 5.65. The number of nitro groups is 1. The highest BCUT2D eigenvalue weighted by Crippen LogP contribution is 2.40. The summed E-state index contributed by atoms with van der Waals surface area (Å²) < 4.78 is 0. The molecule has 0 N–H and O–H groups in total. The molecule has 1 fully saturated rings. The number of allylic oxidation sites excluding steroid dienone is 2. The average molecular weight is 239 g/mol. The standard InChI is InChI=1S/C14H25NO2/c1-5-13(15(16)17)10-11-6-8-12(9-7-11)14(2,3)4/h10-12H,5-9H2,1-4H3. The van der Waals surface area contributed by atoms with Crippen LogP contribution in [0.2, 0.25) is 0 Å². The summed E-state index contributed by atoms with van der Waals surface area (Å²) in [5.74, 6) is 1.20. The molecule has 0 aromatic rings.